The van der Waals surface area contributed by atoms with E-state index in [2.05, 4.69) is 17.4 Å². The number of hydrogen-bond acceptors (Lipinski definition) is 2. The third kappa shape index (κ3) is 3.09. The number of ketones is 1. The van der Waals surface area contributed by atoms with E-state index < -0.39 is 5.54 Å². The lowest BCUT2D eigenvalue weighted by Crippen LogP contribution is -2.45. The summed E-state index contributed by atoms with van der Waals surface area (Å²) in [5.41, 5.74) is 1.53. The Bertz CT molecular complexity index is 536. The highest BCUT2D eigenvalue weighted by molar-refractivity contribution is 5.87. The topological polar surface area (TPSA) is 29.1 Å². The van der Waals surface area contributed by atoms with Crippen molar-refractivity contribution in [2.24, 2.45) is 0 Å². The van der Waals surface area contributed by atoms with Crippen LogP contribution in [0.15, 0.2) is 60.7 Å². The molecule has 1 N–H and O–H groups in total. The van der Waals surface area contributed by atoms with Crippen LogP contribution in [0.4, 0.5) is 0 Å². The van der Waals surface area contributed by atoms with E-state index in [4.69, 9.17) is 0 Å². The molecule has 2 rings (SSSR count). The van der Waals surface area contributed by atoms with Crippen molar-refractivity contribution in [1.82, 2.24) is 5.32 Å². The SMILES string of the molecule is CC(=O)[C@@](C)(NCc1ccccc1)c1ccccc1. The van der Waals surface area contributed by atoms with E-state index in [1.807, 2.05) is 55.5 Å². The van der Waals surface area contributed by atoms with Crippen molar-refractivity contribution < 1.29 is 4.79 Å². The predicted octanol–water partition coefficient (Wildman–Crippen LogP) is 3.28. The molecule has 2 aromatic carbocycles. The quantitative estimate of drug-likeness (QED) is 0.886. The van der Waals surface area contributed by atoms with Crippen LogP contribution in [0.25, 0.3) is 0 Å². The number of nitrogens with one attached hydrogen (secondary N) is 1. The van der Waals surface area contributed by atoms with E-state index in [1.54, 1.807) is 6.92 Å². The number of Topliss-reactive ketones (excluding diaryl/α,β-unsaturated/α-hetero) is 1. The molecule has 0 amide bonds. The lowest BCUT2D eigenvalue weighted by Gasteiger charge is -2.29. The first-order chi connectivity index (χ1) is 9.13. The van der Waals surface area contributed by atoms with Gasteiger partial charge in [0.1, 0.15) is 0 Å². The lowest BCUT2D eigenvalue weighted by atomic mass is 9.88. The molecule has 0 unspecified atom stereocenters. The minimum absolute atomic E-state index is 0.120. The second-order valence-electron chi connectivity index (χ2n) is 4.89. The second-order valence-corrected chi connectivity index (χ2v) is 4.89. The van der Waals surface area contributed by atoms with Gasteiger partial charge in [0.05, 0.1) is 5.54 Å². The van der Waals surface area contributed by atoms with Gasteiger partial charge in [0.2, 0.25) is 0 Å². The zero-order chi connectivity index (χ0) is 13.7. The third-order valence-electron chi connectivity index (χ3n) is 3.54. The minimum Gasteiger partial charge on any atom is -0.298 e. The van der Waals surface area contributed by atoms with Gasteiger partial charge in [-0.05, 0) is 25.0 Å². The van der Waals surface area contributed by atoms with Gasteiger partial charge >= 0.3 is 0 Å². The Kier molecular flexibility index (Phi) is 4.13. The molecule has 2 heteroatoms. The Morgan fingerprint density at radius 1 is 1.00 bits per heavy atom. The summed E-state index contributed by atoms with van der Waals surface area (Å²) >= 11 is 0. The largest absolute Gasteiger partial charge is 0.298 e. The van der Waals surface area contributed by atoms with Crippen LogP contribution < -0.4 is 5.32 Å². The van der Waals surface area contributed by atoms with Crippen LogP contribution >= 0.6 is 0 Å². The molecule has 0 saturated heterocycles. The van der Waals surface area contributed by atoms with Crippen LogP contribution in [-0.2, 0) is 16.9 Å². The molecule has 0 fully saturated rings. The molecule has 0 radical (unpaired) electrons. The van der Waals surface area contributed by atoms with Crippen molar-refractivity contribution in [3.63, 3.8) is 0 Å². The maximum absolute atomic E-state index is 12.0. The van der Waals surface area contributed by atoms with E-state index in [-0.39, 0.29) is 5.78 Å². The van der Waals surface area contributed by atoms with E-state index in [0.717, 1.165) is 5.56 Å². The molecule has 0 bridgehead atoms. The summed E-state index contributed by atoms with van der Waals surface area (Å²) in [6, 6.07) is 20.0. The maximum Gasteiger partial charge on any atom is 0.154 e. The standard InChI is InChI=1S/C17H19NO/c1-14(19)17(2,16-11-7-4-8-12-16)18-13-15-9-5-3-6-10-15/h3-12,18H,13H2,1-2H3/t17-/m1/s1. The van der Waals surface area contributed by atoms with Gasteiger partial charge in [-0.3, -0.25) is 10.1 Å². The van der Waals surface area contributed by atoms with Crippen molar-refractivity contribution in [2.45, 2.75) is 25.9 Å². The Balaban J connectivity index is 2.19. The fourth-order valence-corrected chi connectivity index (χ4v) is 2.08. The van der Waals surface area contributed by atoms with E-state index in [1.165, 1.54) is 5.56 Å². The van der Waals surface area contributed by atoms with Gasteiger partial charge in [-0.1, -0.05) is 60.7 Å². The molecule has 2 aromatic rings. The van der Waals surface area contributed by atoms with E-state index in [9.17, 15) is 4.79 Å². The molecule has 0 aliphatic carbocycles. The van der Waals surface area contributed by atoms with Crippen LogP contribution in [0.1, 0.15) is 25.0 Å². The fraction of sp³-hybridized carbons (Fsp3) is 0.235. The number of benzene rings is 2. The Hall–Kier alpha value is -1.93. The minimum atomic E-state index is -0.642. The summed E-state index contributed by atoms with van der Waals surface area (Å²) < 4.78 is 0. The highest BCUT2D eigenvalue weighted by Crippen LogP contribution is 2.22. The van der Waals surface area contributed by atoms with Gasteiger partial charge in [-0.15, -0.1) is 0 Å². The van der Waals surface area contributed by atoms with Crippen LogP contribution in [0.5, 0.6) is 0 Å². The molecule has 98 valence electrons. The van der Waals surface area contributed by atoms with Gasteiger partial charge in [0.15, 0.2) is 5.78 Å². The van der Waals surface area contributed by atoms with Crippen molar-refractivity contribution in [3.05, 3.63) is 71.8 Å². The number of hydrogen-bond donors (Lipinski definition) is 1. The molecule has 1 atom stereocenters. The first-order valence-corrected chi connectivity index (χ1v) is 6.48. The van der Waals surface area contributed by atoms with Crippen LogP contribution in [0, 0.1) is 0 Å². The molecule has 0 aromatic heterocycles. The summed E-state index contributed by atoms with van der Waals surface area (Å²) in [4.78, 5) is 12.0. The average molecular weight is 253 g/mol. The first kappa shape index (κ1) is 13.5. The van der Waals surface area contributed by atoms with Gasteiger partial charge in [0.25, 0.3) is 0 Å². The Morgan fingerprint density at radius 3 is 2.05 bits per heavy atom. The molecule has 0 spiro atoms. The molecular formula is C17H19NO. The summed E-state index contributed by atoms with van der Waals surface area (Å²) in [5.74, 6) is 0.120. The van der Waals surface area contributed by atoms with Gasteiger partial charge in [-0.25, -0.2) is 0 Å². The van der Waals surface area contributed by atoms with Crippen LogP contribution in [0.3, 0.4) is 0 Å². The first-order valence-electron chi connectivity index (χ1n) is 6.48. The van der Waals surface area contributed by atoms with Crippen molar-refractivity contribution in [2.75, 3.05) is 0 Å². The zero-order valence-corrected chi connectivity index (χ0v) is 11.4. The molecule has 0 saturated carbocycles. The molecule has 19 heavy (non-hydrogen) atoms. The van der Waals surface area contributed by atoms with Crippen LogP contribution in [0.2, 0.25) is 0 Å². The molecule has 0 heterocycles. The number of carbonyl (C=O) groups is 1. The summed E-state index contributed by atoms with van der Waals surface area (Å²) in [6.07, 6.45) is 0. The molecule has 0 aliphatic rings. The highest BCUT2D eigenvalue weighted by Gasteiger charge is 2.30. The van der Waals surface area contributed by atoms with E-state index in [0.29, 0.717) is 6.54 Å². The lowest BCUT2D eigenvalue weighted by molar-refractivity contribution is -0.123. The van der Waals surface area contributed by atoms with Crippen molar-refractivity contribution in [1.29, 1.82) is 0 Å². The Morgan fingerprint density at radius 2 is 1.53 bits per heavy atom. The zero-order valence-electron chi connectivity index (χ0n) is 11.4. The maximum atomic E-state index is 12.0. The average Bonchev–Trinajstić information content (AvgIpc) is 2.46. The second kappa shape index (κ2) is 5.81. The van der Waals surface area contributed by atoms with Gasteiger partial charge < -0.3 is 0 Å². The predicted molar refractivity (Wildman–Crippen MR) is 77.8 cm³/mol. The summed E-state index contributed by atoms with van der Waals surface area (Å²) in [7, 11) is 0. The van der Waals surface area contributed by atoms with Crippen molar-refractivity contribution >= 4 is 5.78 Å². The molecular weight excluding hydrogens is 234 g/mol. The van der Waals surface area contributed by atoms with E-state index >= 15 is 0 Å². The molecule has 2 nitrogen and oxygen atoms in total. The third-order valence-corrected chi connectivity index (χ3v) is 3.54. The van der Waals surface area contributed by atoms with Gasteiger partial charge in [-0.2, -0.15) is 0 Å². The fourth-order valence-electron chi connectivity index (χ4n) is 2.08. The number of carbonyl (C=O) groups excluding carboxylic acids is 1. The molecule has 0 aliphatic heterocycles. The van der Waals surface area contributed by atoms with Crippen molar-refractivity contribution in [3.8, 4) is 0 Å². The summed E-state index contributed by atoms with van der Waals surface area (Å²) in [5, 5.41) is 3.38. The Labute approximate surface area is 114 Å². The number of rotatable bonds is 5. The van der Waals surface area contributed by atoms with Gasteiger partial charge in [0, 0.05) is 6.54 Å². The highest BCUT2D eigenvalue weighted by atomic mass is 16.1. The smallest absolute Gasteiger partial charge is 0.154 e. The monoisotopic (exact) mass is 253 g/mol. The normalized spacial score (nSPS) is 13.8. The summed E-state index contributed by atoms with van der Waals surface area (Å²) in [6.45, 7) is 4.24. The van der Waals surface area contributed by atoms with Crippen LogP contribution in [-0.4, -0.2) is 5.78 Å².